The maximum atomic E-state index is 13.7. The molecule has 0 aliphatic rings. The van der Waals surface area contributed by atoms with Crippen molar-refractivity contribution in [3.8, 4) is 5.75 Å². The smallest absolute Gasteiger partial charge is 0.165 e. The summed E-state index contributed by atoms with van der Waals surface area (Å²) in [7, 11) is 0. The lowest BCUT2D eigenvalue weighted by atomic mass is 10.1. The largest absolute Gasteiger partial charge is 0.490 e. The fraction of sp³-hybridized carbons (Fsp3) is 0.571. The van der Waals surface area contributed by atoms with Gasteiger partial charge < -0.3 is 10.5 Å². The van der Waals surface area contributed by atoms with Gasteiger partial charge in [-0.2, -0.15) is 0 Å². The van der Waals surface area contributed by atoms with Gasteiger partial charge in [0.2, 0.25) is 0 Å². The molecule has 2 atom stereocenters. The van der Waals surface area contributed by atoms with Gasteiger partial charge in [-0.1, -0.05) is 26.3 Å². The summed E-state index contributed by atoms with van der Waals surface area (Å²) < 4.78 is 19.1. The first-order valence-corrected chi connectivity index (χ1v) is 6.19. The lowest BCUT2D eigenvalue weighted by molar-refractivity contribution is 0.246. The summed E-state index contributed by atoms with van der Waals surface area (Å²) in [6.45, 7) is 6.64. The number of ether oxygens (including phenoxy) is 1. The van der Waals surface area contributed by atoms with E-state index < -0.39 is 0 Å². The molecule has 1 aromatic rings. The van der Waals surface area contributed by atoms with Crippen LogP contribution >= 0.6 is 0 Å². The normalized spacial score (nSPS) is 14.4. The zero-order valence-corrected chi connectivity index (χ0v) is 10.9. The Balaban J connectivity index is 2.63. The molecule has 0 aliphatic heterocycles. The summed E-state index contributed by atoms with van der Waals surface area (Å²) in [6, 6.07) is 5.12. The van der Waals surface area contributed by atoms with Crippen molar-refractivity contribution in [3.05, 3.63) is 29.6 Å². The van der Waals surface area contributed by atoms with Gasteiger partial charge in [-0.25, -0.2) is 4.39 Å². The molecule has 2 N–H and O–H groups in total. The van der Waals surface area contributed by atoms with Crippen LogP contribution < -0.4 is 10.5 Å². The highest BCUT2D eigenvalue weighted by molar-refractivity contribution is 5.29. The molecule has 0 aromatic heterocycles. The van der Waals surface area contributed by atoms with Crippen LogP contribution in [0.5, 0.6) is 5.75 Å². The Hall–Kier alpha value is -1.09. The Labute approximate surface area is 103 Å². The predicted octanol–water partition coefficient (Wildman–Crippen LogP) is 3.14. The molecule has 0 radical (unpaired) electrons. The summed E-state index contributed by atoms with van der Waals surface area (Å²) in [5.41, 5.74) is 6.59. The van der Waals surface area contributed by atoms with Gasteiger partial charge in [-0.15, -0.1) is 0 Å². The third kappa shape index (κ3) is 4.73. The Morgan fingerprint density at radius 1 is 1.35 bits per heavy atom. The fourth-order valence-electron chi connectivity index (χ4n) is 1.51. The zero-order valence-electron chi connectivity index (χ0n) is 10.9. The van der Waals surface area contributed by atoms with E-state index in [9.17, 15) is 4.39 Å². The van der Waals surface area contributed by atoms with E-state index in [1.165, 1.54) is 6.07 Å². The van der Waals surface area contributed by atoms with Crippen molar-refractivity contribution in [2.45, 2.75) is 39.7 Å². The lowest BCUT2D eigenvalue weighted by Gasteiger charge is -2.12. The van der Waals surface area contributed by atoms with E-state index in [2.05, 4.69) is 13.8 Å². The SMILES string of the molecule is CCC(C)COc1ccc(CC(C)N)cc1F. The van der Waals surface area contributed by atoms with E-state index in [1.807, 2.05) is 13.0 Å². The summed E-state index contributed by atoms with van der Waals surface area (Å²) in [6.07, 6.45) is 1.72. The molecule has 0 amide bonds. The average molecular weight is 239 g/mol. The van der Waals surface area contributed by atoms with Crippen LogP contribution in [0.3, 0.4) is 0 Å². The second kappa shape index (κ2) is 6.60. The van der Waals surface area contributed by atoms with E-state index in [0.717, 1.165) is 12.0 Å². The van der Waals surface area contributed by atoms with Gasteiger partial charge in [-0.05, 0) is 37.0 Å². The highest BCUT2D eigenvalue weighted by atomic mass is 19.1. The van der Waals surface area contributed by atoms with Gasteiger partial charge in [0.1, 0.15) is 0 Å². The van der Waals surface area contributed by atoms with Crippen LogP contribution in [0.4, 0.5) is 4.39 Å². The van der Waals surface area contributed by atoms with Crippen LogP contribution in [0, 0.1) is 11.7 Å². The maximum absolute atomic E-state index is 13.7. The van der Waals surface area contributed by atoms with E-state index in [4.69, 9.17) is 10.5 Å². The first kappa shape index (κ1) is 14.0. The minimum absolute atomic E-state index is 0.0429. The number of nitrogens with two attached hydrogens (primary N) is 1. The van der Waals surface area contributed by atoms with Crippen LogP contribution in [0.2, 0.25) is 0 Å². The summed E-state index contributed by atoms with van der Waals surface area (Å²) in [5, 5.41) is 0. The molecule has 96 valence electrons. The van der Waals surface area contributed by atoms with Crippen LogP contribution in [0.25, 0.3) is 0 Å². The topological polar surface area (TPSA) is 35.2 Å². The molecule has 0 bridgehead atoms. The Morgan fingerprint density at radius 2 is 2.06 bits per heavy atom. The van der Waals surface area contributed by atoms with Crippen LogP contribution in [0.1, 0.15) is 32.8 Å². The Bertz CT molecular complexity index is 352. The molecular formula is C14H22FNO. The minimum Gasteiger partial charge on any atom is -0.490 e. The third-order valence-electron chi connectivity index (χ3n) is 2.77. The molecular weight excluding hydrogens is 217 g/mol. The van der Waals surface area contributed by atoms with E-state index in [1.54, 1.807) is 6.07 Å². The van der Waals surface area contributed by atoms with Crippen LogP contribution in [-0.2, 0) is 6.42 Å². The summed E-state index contributed by atoms with van der Waals surface area (Å²) >= 11 is 0. The quantitative estimate of drug-likeness (QED) is 0.827. The molecule has 17 heavy (non-hydrogen) atoms. The Morgan fingerprint density at radius 3 is 2.59 bits per heavy atom. The standard InChI is InChI=1S/C14H22FNO/c1-4-10(2)9-17-14-6-5-12(7-11(3)16)8-13(14)15/h5-6,8,10-11H,4,7,9,16H2,1-3H3. The molecule has 3 heteroatoms. The lowest BCUT2D eigenvalue weighted by Crippen LogP contribution is -2.17. The molecule has 0 fully saturated rings. The molecule has 1 rings (SSSR count). The fourth-order valence-corrected chi connectivity index (χ4v) is 1.51. The second-order valence-corrected chi connectivity index (χ2v) is 4.77. The van der Waals surface area contributed by atoms with Gasteiger partial charge in [-0.3, -0.25) is 0 Å². The molecule has 0 heterocycles. The molecule has 0 spiro atoms. The first-order chi connectivity index (χ1) is 8.02. The highest BCUT2D eigenvalue weighted by Crippen LogP contribution is 2.20. The van der Waals surface area contributed by atoms with Gasteiger partial charge in [0.05, 0.1) is 6.61 Å². The van der Waals surface area contributed by atoms with E-state index >= 15 is 0 Å². The van der Waals surface area contributed by atoms with Crippen molar-refractivity contribution >= 4 is 0 Å². The highest BCUT2D eigenvalue weighted by Gasteiger charge is 2.07. The predicted molar refractivity (Wildman–Crippen MR) is 68.7 cm³/mol. The first-order valence-electron chi connectivity index (χ1n) is 6.19. The summed E-state index contributed by atoms with van der Waals surface area (Å²) in [5.74, 6) is 0.475. The molecule has 2 nitrogen and oxygen atoms in total. The minimum atomic E-state index is -0.300. The van der Waals surface area contributed by atoms with Crippen LogP contribution in [0.15, 0.2) is 18.2 Å². The Kier molecular flexibility index (Phi) is 5.42. The number of benzene rings is 1. The van der Waals surface area contributed by atoms with Crippen molar-refractivity contribution in [3.63, 3.8) is 0 Å². The molecule has 0 saturated carbocycles. The van der Waals surface area contributed by atoms with Crippen molar-refractivity contribution in [1.29, 1.82) is 0 Å². The van der Waals surface area contributed by atoms with Gasteiger partial charge in [0, 0.05) is 6.04 Å². The van der Waals surface area contributed by atoms with E-state index in [0.29, 0.717) is 24.7 Å². The third-order valence-corrected chi connectivity index (χ3v) is 2.77. The number of halogens is 1. The second-order valence-electron chi connectivity index (χ2n) is 4.77. The van der Waals surface area contributed by atoms with Crippen molar-refractivity contribution < 1.29 is 9.13 Å². The molecule has 2 unspecified atom stereocenters. The maximum Gasteiger partial charge on any atom is 0.165 e. The number of rotatable bonds is 6. The monoisotopic (exact) mass is 239 g/mol. The zero-order chi connectivity index (χ0) is 12.8. The van der Waals surface area contributed by atoms with Crippen molar-refractivity contribution in [2.24, 2.45) is 11.7 Å². The van der Waals surface area contributed by atoms with Gasteiger partial charge >= 0.3 is 0 Å². The van der Waals surface area contributed by atoms with Gasteiger partial charge in [0.15, 0.2) is 11.6 Å². The number of hydrogen-bond donors (Lipinski definition) is 1. The molecule has 1 aromatic carbocycles. The van der Waals surface area contributed by atoms with Crippen LogP contribution in [-0.4, -0.2) is 12.6 Å². The average Bonchev–Trinajstić information content (AvgIpc) is 2.26. The van der Waals surface area contributed by atoms with E-state index in [-0.39, 0.29) is 11.9 Å². The number of hydrogen-bond acceptors (Lipinski definition) is 2. The molecule has 0 aliphatic carbocycles. The molecule has 0 saturated heterocycles. The van der Waals surface area contributed by atoms with Crippen molar-refractivity contribution in [1.82, 2.24) is 0 Å². The van der Waals surface area contributed by atoms with Crippen molar-refractivity contribution in [2.75, 3.05) is 6.61 Å². The van der Waals surface area contributed by atoms with Gasteiger partial charge in [0.25, 0.3) is 0 Å². The summed E-state index contributed by atoms with van der Waals surface area (Å²) in [4.78, 5) is 0.